The van der Waals surface area contributed by atoms with Crippen LogP contribution in [-0.4, -0.2) is 82.3 Å². The van der Waals surface area contributed by atoms with Gasteiger partial charge in [0, 0.05) is 30.8 Å². The largest absolute Gasteiger partial charge is 0.497 e. The maximum absolute atomic E-state index is 14.5. The highest BCUT2D eigenvalue weighted by Gasteiger charge is 2.38. The van der Waals surface area contributed by atoms with Gasteiger partial charge in [0.1, 0.15) is 29.5 Å². The minimum Gasteiger partial charge on any atom is -0.497 e. The van der Waals surface area contributed by atoms with Crippen LogP contribution in [0.2, 0.25) is 18.1 Å². The SMILES string of the molecule is COc1cc(CN(C(=O)C2=C(c3ccc(OCCO[Si](C)(C)C(C)(C)C)cc3)CCN(C(=O)OC(C)(C)C)C2)C2CC2)cc(OC)c1. The summed E-state index contributed by atoms with van der Waals surface area (Å²) >= 11 is 0. The quantitative estimate of drug-likeness (QED) is 0.170. The average molecular weight is 667 g/mol. The van der Waals surface area contributed by atoms with E-state index in [4.69, 9.17) is 23.4 Å². The molecule has 0 N–H and O–H groups in total. The van der Waals surface area contributed by atoms with Crippen molar-refractivity contribution in [3.05, 3.63) is 59.2 Å². The number of nitrogens with zero attached hydrogens (tertiary/aromatic N) is 2. The lowest BCUT2D eigenvalue weighted by Gasteiger charge is -2.36. The van der Waals surface area contributed by atoms with Gasteiger partial charge >= 0.3 is 6.09 Å². The first-order chi connectivity index (χ1) is 22.0. The summed E-state index contributed by atoms with van der Waals surface area (Å²) in [7, 11) is 1.39. The smallest absolute Gasteiger partial charge is 0.410 e. The third-order valence-corrected chi connectivity index (χ3v) is 13.6. The molecule has 4 rings (SSSR count). The number of benzene rings is 2. The Kier molecular flexibility index (Phi) is 11.4. The summed E-state index contributed by atoms with van der Waals surface area (Å²) in [6, 6.07) is 13.7. The van der Waals surface area contributed by atoms with Gasteiger partial charge in [0.25, 0.3) is 5.91 Å². The lowest BCUT2D eigenvalue weighted by molar-refractivity contribution is -0.128. The number of amides is 2. The van der Waals surface area contributed by atoms with Crippen molar-refractivity contribution in [1.29, 1.82) is 0 Å². The molecular formula is C37H54N2O7Si. The van der Waals surface area contributed by atoms with Crippen molar-refractivity contribution in [2.24, 2.45) is 0 Å². The zero-order valence-electron chi connectivity index (χ0n) is 30.0. The Hall–Kier alpha value is -3.50. The lowest BCUT2D eigenvalue weighted by Crippen LogP contribution is -2.44. The van der Waals surface area contributed by atoms with E-state index >= 15 is 0 Å². The van der Waals surface area contributed by atoms with Gasteiger partial charge in [-0.05, 0) is 99.1 Å². The molecule has 2 amide bonds. The minimum absolute atomic E-state index is 0.0688. The van der Waals surface area contributed by atoms with Crippen LogP contribution in [0.3, 0.4) is 0 Å². The first-order valence-electron chi connectivity index (χ1n) is 16.6. The Morgan fingerprint density at radius 2 is 1.51 bits per heavy atom. The Balaban J connectivity index is 1.58. The molecule has 10 heteroatoms. The van der Waals surface area contributed by atoms with Crippen molar-refractivity contribution >= 4 is 25.9 Å². The predicted molar refractivity (Wildman–Crippen MR) is 188 cm³/mol. The molecule has 2 aromatic carbocycles. The molecule has 0 saturated heterocycles. The molecule has 0 spiro atoms. The van der Waals surface area contributed by atoms with E-state index in [2.05, 4.69) is 33.9 Å². The van der Waals surface area contributed by atoms with Crippen LogP contribution in [0.25, 0.3) is 5.57 Å². The van der Waals surface area contributed by atoms with Crippen molar-refractivity contribution in [3.8, 4) is 17.2 Å². The Bertz CT molecular complexity index is 1410. The molecule has 1 fully saturated rings. The fraction of sp³-hybridized carbons (Fsp3) is 0.568. The molecule has 47 heavy (non-hydrogen) atoms. The molecule has 1 heterocycles. The van der Waals surface area contributed by atoms with E-state index in [1.54, 1.807) is 19.1 Å². The maximum Gasteiger partial charge on any atom is 0.410 e. The van der Waals surface area contributed by atoms with E-state index in [-0.39, 0.29) is 23.5 Å². The van der Waals surface area contributed by atoms with Crippen LogP contribution in [0.5, 0.6) is 17.2 Å². The van der Waals surface area contributed by atoms with E-state index in [0.29, 0.717) is 49.8 Å². The third kappa shape index (κ3) is 9.76. The molecule has 2 aliphatic rings. The highest BCUT2D eigenvalue weighted by Crippen LogP contribution is 2.37. The van der Waals surface area contributed by atoms with Gasteiger partial charge in [-0.25, -0.2) is 4.79 Å². The second-order valence-corrected chi connectivity index (χ2v) is 19.8. The van der Waals surface area contributed by atoms with Gasteiger partial charge in [-0.1, -0.05) is 32.9 Å². The van der Waals surface area contributed by atoms with Crippen molar-refractivity contribution in [2.45, 2.75) is 97.1 Å². The molecule has 0 atom stereocenters. The fourth-order valence-electron chi connectivity index (χ4n) is 5.27. The molecule has 0 radical (unpaired) electrons. The predicted octanol–water partition coefficient (Wildman–Crippen LogP) is 7.69. The summed E-state index contributed by atoms with van der Waals surface area (Å²) < 4.78 is 29.0. The summed E-state index contributed by atoms with van der Waals surface area (Å²) in [5, 5.41) is 0.145. The highest BCUT2D eigenvalue weighted by molar-refractivity contribution is 6.74. The zero-order valence-corrected chi connectivity index (χ0v) is 31.0. The average Bonchev–Trinajstić information content (AvgIpc) is 3.85. The third-order valence-electron chi connectivity index (χ3n) is 9.09. The number of hydrogen-bond acceptors (Lipinski definition) is 7. The molecule has 9 nitrogen and oxygen atoms in total. The van der Waals surface area contributed by atoms with E-state index in [9.17, 15) is 9.59 Å². The minimum atomic E-state index is -1.84. The van der Waals surface area contributed by atoms with E-state index in [0.717, 1.165) is 35.3 Å². The Labute approximate surface area is 282 Å². The Morgan fingerprint density at radius 1 is 0.894 bits per heavy atom. The Morgan fingerprint density at radius 3 is 2.04 bits per heavy atom. The standard InChI is InChI=1S/C37H54N2O7Si/c1-36(2,3)46-35(41)38-18-17-32(27-11-15-29(16-12-27)44-19-20-45-47(9,10)37(4,5)6)33(25-38)34(40)39(28-13-14-28)24-26-21-30(42-7)23-31(22-26)43-8/h11-12,15-16,21-23,28H,13-14,17-20,24-25H2,1-10H3. The van der Waals surface area contributed by atoms with Crippen molar-refractivity contribution in [1.82, 2.24) is 9.80 Å². The van der Waals surface area contributed by atoms with Gasteiger partial charge < -0.3 is 33.2 Å². The second kappa shape index (κ2) is 14.7. The number of methoxy groups -OCH3 is 2. The maximum atomic E-state index is 14.5. The molecule has 2 aromatic rings. The number of carbonyl (C=O) groups excluding carboxylic acids is 2. The summed E-state index contributed by atoms with van der Waals surface area (Å²) in [6.45, 7) is 18.8. The van der Waals surface area contributed by atoms with E-state index in [1.165, 1.54) is 0 Å². The molecule has 0 bridgehead atoms. The molecule has 1 saturated carbocycles. The fourth-order valence-corrected chi connectivity index (χ4v) is 6.29. The van der Waals surface area contributed by atoms with E-state index < -0.39 is 20.0 Å². The normalized spacial score (nSPS) is 15.7. The van der Waals surface area contributed by atoms with Crippen LogP contribution < -0.4 is 14.2 Å². The van der Waals surface area contributed by atoms with Gasteiger partial charge in [0.15, 0.2) is 8.32 Å². The summed E-state index contributed by atoms with van der Waals surface area (Å²) in [5.74, 6) is 2.02. The van der Waals surface area contributed by atoms with Crippen molar-refractivity contribution in [3.63, 3.8) is 0 Å². The van der Waals surface area contributed by atoms with Crippen LogP contribution in [-0.2, 0) is 20.5 Å². The monoisotopic (exact) mass is 666 g/mol. The van der Waals surface area contributed by atoms with E-state index in [1.807, 2.05) is 68.1 Å². The number of carbonyl (C=O) groups is 2. The molecule has 0 unspecified atom stereocenters. The topological polar surface area (TPSA) is 86.8 Å². The molecular weight excluding hydrogens is 613 g/mol. The van der Waals surface area contributed by atoms with Crippen molar-refractivity contribution in [2.75, 3.05) is 40.5 Å². The number of hydrogen-bond donors (Lipinski definition) is 0. The van der Waals surface area contributed by atoms with Crippen LogP contribution in [0.15, 0.2) is 48.0 Å². The number of rotatable bonds is 12. The van der Waals surface area contributed by atoms with Gasteiger partial charge in [-0.2, -0.15) is 0 Å². The van der Waals surface area contributed by atoms with Crippen molar-refractivity contribution < 1.29 is 33.0 Å². The van der Waals surface area contributed by atoms with Crippen LogP contribution in [0.1, 0.15) is 71.9 Å². The summed E-state index contributed by atoms with van der Waals surface area (Å²) in [6.07, 6.45) is 2.00. The van der Waals surface area contributed by atoms with Gasteiger partial charge in [0.2, 0.25) is 0 Å². The molecule has 1 aliphatic carbocycles. The molecule has 0 aromatic heterocycles. The first-order valence-corrected chi connectivity index (χ1v) is 19.5. The summed E-state index contributed by atoms with van der Waals surface area (Å²) in [5.41, 5.74) is 2.78. The zero-order chi connectivity index (χ0) is 34.6. The second-order valence-electron chi connectivity index (χ2n) is 15.0. The van der Waals surface area contributed by atoms with Gasteiger partial charge in [-0.3, -0.25) is 4.79 Å². The first kappa shape index (κ1) is 36.3. The van der Waals surface area contributed by atoms with Crippen LogP contribution >= 0.6 is 0 Å². The molecule has 1 aliphatic heterocycles. The summed E-state index contributed by atoms with van der Waals surface area (Å²) in [4.78, 5) is 31.3. The number of ether oxygens (including phenoxy) is 4. The highest BCUT2D eigenvalue weighted by atomic mass is 28.4. The molecule has 258 valence electrons. The lowest BCUT2D eigenvalue weighted by atomic mass is 9.92. The van der Waals surface area contributed by atoms with Crippen LogP contribution in [0, 0.1) is 0 Å². The van der Waals surface area contributed by atoms with Gasteiger partial charge in [0.05, 0.1) is 27.4 Å². The van der Waals surface area contributed by atoms with Crippen LogP contribution in [0.4, 0.5) is 4.79 Å². The van der Waals surface area contributed by atoms with Gasteiger partial charge in [-0.15, -0.1) is 0 Å².